The zero-order chi connectivity index (χ0) is 24.5. The van der Waals surface area contributed by atoms with Gasteiger partial charge in [0, 0.05) is 51.1 Å². The first-order valence-electron chi connectivity index (χ1n) is 10.9. The van der Waals surface area contributed by atoms with Gasteiger partial charge in [-0.1, -0.05) is 29.3 Å². The molecule has 2 aliphatic heterocycles. The first-order valence-corrected chi connectivity index (χ1v) is 13.5. The summed E-state index contributed by atoms with van der Waals surface area (Å²) in [5.74, 6) is 0.158. The van der Waals surface area contributed by atoms with Gasteiger partial charge < -0.3 is 14.5 Å². The summed E-state index contributed by atoms with van der Waals surface area (Å²) in [5, 5.41) is 0.901. The lowest BCUT2D eigenvalue weighted by Gasteiger charge is -2.35. The maximum Gasteiger partial charge on any atom is 0.320 e. The normalized spacial score (nSPS) is 21.6. The molecule has 2 aromatic rings. The van der Waals surface area contributed by atoms with Crippen molar-refractivity contribution in [2.45, 2.75) is 5.92 Å². The van der Waals surface area contributed by atoms with Gasteiger partial charge in [0.25, 0.3) is 0 Å². The van der Waals surface area contributed by atoms with Crippen molar-refractivity contribution in [3.8, 4) is 5.75 Å². The number of hydrogen-bond donors (Lipinski definition) is 0. The van der Waals surface area contributed by atoms with Gasteiger partial charge in [-0.2, -0.15) is 4.31 Å². The molecule has 0 bridgehead atoms. The second kappa shape index (κ2) is 10.3. The fourth-order valence-electron chi connectivity index (χ4n) is 4.46. The van der Waals surface area contributed by atoms with E-state index in [1.807, 2.05) is 12.1 Å². The second-order valence-electron chi connectivity index (χ2n) is 8.64. The van der Waals surface area contributed by atoms with E-state index in [0.717, 1.165) is 5.56 Å². The Hall–Kier alpha value is -2.07. The van der Waals surface area contributed by atoms with E-state index in [1.54, 1.807) is 28.0 Å². The summed E-state index contributed by atoms with van der Waals surface area (Å²) in [4.78, 5) is 16.7. The van der Waals surface area contributed by atoms with Gasteiger partial charge in [0.1, 0.15) is 11.6 Å². The Morgan fingerprint density at radius 3 is 2.29 bits per heavy atom. The van der Waals surface area contributed by atoms with Gasteiger partial charge in [0.05, 0.1) is 22.9 Å². The number of halogens is 3. The van der Waals surface area contributed by atoms with E-state index in [4.69, 9.17) is 27.9 Å². The minimum atomic E-state index is -3.27. The van der Waals surface area contributed by atoms with Gasteiger partial charge in [-0.15, -0.1) is 0 Å². The monoisotopic (exact) mass is 529 g/mol. The number of likely N-dealkylation sites (tertiary alicyclic amines) is 1. The molecular formula is C23H26Cl2FN3O4S. The van der Waals surface area contributed by atoms with Gasteiger partial charge in [0.2, 0.25) is 10.0 Å². The van der Waals surface area contributed by atoms with Crippen LogP contribution >= 0.6 is 23.2 Å². The van der Waals surface area contributed by atoms with Crippen LogP contribution in [0.1, 0.15) is 11.5 Å². The van der Waals surface area contributed by atoms with Gasteiger partial charge >= 0.3 is 6.03 Å². The number of benzene rings is 2. The van der Waals surface area contributed by atoms with Crippen molar-refractivity contribution in [2.75, 3.05) is 52.1 Å². The van der Waals surface area contributed by atoms with Crippen molar-refractivity contribution < 1.29 is 22.3 Å². The molecule has 7 nitrogen and oxygen atoms in total. The molecular weight excluding hydrogens is 504 g/mol. The van der Waals surface area contributed by atoms with E-state index < -0.39 is 10.0 Å². The molecule has 2 aliphatic rings. The van der Waals surface area contributed by atoms with Gasteiger partial charge in [-0.25, -0.2) is 17.6 Å². The number of carbonyl (C=O) groups is 1. The lowest BCUT2D eigenvalue weighted by Crippen LogP contribution is -2.53. The predicted molar refractivity (Wildman–Crippen MR) is 130 cm³/mol. The van der Waals surface area contributed by atoms with E-state index >= 15 is 0 Å². The van der Waals surface area contributed by atoms with Gasteiger partial charge in [0.15, 0.2) is 0 Å². The van der Waals surface area contributed by atoms with E-state index in [9.17, 15) is 17.6 Å². The van der Waals surface area contributed by atoms with Crippen molar-refractivity contribution in [3.63, 3.8) is 0 Å². The molecule has 2 unspecified atom stereocenters. The number of nitrogens with zero attached hydrogens (tertiary/aromatic N) is 3. The van der Waals surface area contributed by atoms with E-state index in [1.165, 1.54) is 22.7 Å². The average molecular weight is 530 g/mol. The maximum atomic E-state index is 13.3. The molecule has 2 atom stereocenters. The Kier molecular flexibility index (Phi) is 7.57. The van der Waals surface area contributed by atoms with Crippen LogP contribution in [-0.4, -0.2) is 80.7 Å². The highest BCUT2D eigenvalue weighted by atomic mass is 35.5. The minimum absolute atomic E-state index is 0.0245. The first-order chi connectivity index (χ1) is 16.1. The number of amides is 2. The zero-order valence-electron chi connectivity index (χ0n) is 18.7. The van der Waals surface area contributed by atoms with Crippen LogP contribution in [0.25, 0.3) is 0 Å². The molecule has 2 heterocycles. The molecule has 0 aliphatic carbocycles. The second-order valence-corrected chi connectivity index (χ2v) is 11.4. The van der Waals surface area contributed by atoms with Crippen LogP contribution in [0.15, 0.2) is 42.5 Å². The van der Waals surface area contributed by atoms with Crippen LogP contribution in [-0.2, 0) is 10.0 Å². The molecule has 4 rings (SSSR count). The Balaban J connectivity index is 1.48. The highest BCUT2D eigenvalue weighted by Gasteiger charge is 2.39. The fourth-order valence-corrected chi connectivity index (χ4v) is 5.60. The molecule has 11 heteroatoms. The third-order valence-corrected chi connectivity index (χ3v) is 8.38. The molecule has 2 amide bonds. The van der Waals surface area contributed by atoms with Crippen LogP contribution in [0.4, 0.5) is 9.18 Å². The van der Waals surface area contributed by atoms with Crippen LogP contribution in [0.2, 0.25) is 10.0 Å². The quantitative estimate of drug-likeness (QED) is 0.588. The number of piperazine rings is 1. The number of sulfonamides is 1. The molecule has 2 saturated heterocycles. The Bertz CT molecular complexity index is 1140. The van der Waals surface area contributed by atoms with Crippen molar-refractivity contribution in [1.29, 1.82) is 0 Å². The molecule has 184 valence electrons. The van der Waals surface area contributed by atoms with Crippen LogP contribution in [0, 0.1) is 11.7 Å². The summed E-state index contributed by atoms with van der Waals surface area (Å²) in [6, 6.07) is 11.2. The standard InChI is InChI=1S/C23H26Cl2FN3O4S/c1-34(31,32)29-10-8-27(9-11-29)23(30)28-13-17(15-33-19-5-3-18(26)4-6-19)20(14-28)16-2-7-21(24)22(25)12-16/h2-7,12,17,20H,8-11,13-15H2,1H3. The molecule has 0 radical (unpaired) electrons. The molecule has 2 aromatic carbocycles. The van der Waals surface area contributed by atoms with Crippen molar-refractivity contribution in [3.05, 3.63) is 63.9 Å². The third-order valence-electron chi connectivity index (χ3n) is 6.34. The molecule has 0 saturated carbocycles. The topological polar surface area (TPSA) is 70.2 Å². The predicted octanol–water partition coefficient (Wildman–Crippen LogP) is 3.92. The van der Waals surface area contributed by atoms with E-state index in [-0.39, 0.29) is 36.8 Å². The van der Waals surface area contributed by atoms with Crippen LogP contribution in [0.5, 0.6) is 5.75 Å². The average Bonchev–Trinajstić information content (AvgIpc) is 3.24. The SMILES string of the molecule is CS(=O)(=O)N1CCN(C(=O)N2CC(COc3ccc(F)cc3)C(c3ccc(Cl)c(Cl)c3)C2)CC1. The highest BCUT2D eigenvalue weighted by molar-refractivity contribution is 7.88. The van der Waals surface area contributed by atoms with Crippen LogP contribution < -0.4 is 4.74 Å². The number of hydrogen-bond acceptors (Lipinski definition) is 4. The lowest BCUT2D eigenvalue weighted by atomic mass is 9.89. The number of rotatable bonds is 5. The third kappa shape index (κ3) is 5.76. The Labute approximate surface area is 209 Å². The Morgan fingerprint density at radius 1 is 1.00 bits per heavy atom. The summed E-state index contributed by atoms with van der Waals surface area (Å²) in [6.07, 6.45) is 1.18. The van der Waals surface area contributed by atoms with Crippen molar-refractivity contribution in [2.24, 2.45) is 5.92 Å². The number of ether oxygens (including phenoxy) is 1. The smallest absolute Gasteiger partial charge is 0.320 e. The molecule has 34 heavy (non-hydrogen) atoms. The Morgan fingerprint density at radius 2 is 1.68 bits per heavy atom. The first kappa shape index (κ1) is 25.0. The fraction of sp³-hybridized carbons (Fsp3) is 0.435. The van der Waals surface area contributed by atoms with Crippen molar-refractivity contribution in [1.82, 2.24) is 14.1 Å². The van der Waals surface area contributed by atoms with Crippen LogP contribution in [0.3, 0.4) is 0 Å². The number of carbonyl (C=O) groups excluding carboxylic acids is 1. The molecule has 0 aromatic heterocycles. The summed E-state index contributed by atoms with van der Waals surface area (Å²) in [7, 11) is -3.27. The highest BCUT2D eigenvalue weighted by Crippen LogP contribution is 2.36. The van der Waals surface area contributed by atoms with Gasteiger partial charge in [-0.3, -0.25) is 0 Å². The van der Waals surface area contributed by atoms with E-state index in [2.05, 4.69) is 0 Å². The summed E-state index contributed by atoms with van der Waals surface area (Å²) >= 11 is 12.4. The summed E-state index contributed by atoms with van der Waals surface area (Å²) < 4.78 is 44.1. The lowest BCUT2D eigenvalue weighted by molar-refractivity contribution is 0.139. The zero-order valence-corrected chi connectivity index (χ0v) is 21.0. The largest absolute Gasteiger partial charge is 0.493 e. The summed E-state index contributed by atoms with van der Waals surface area (Å²) in [6.45, 7) is 2.53. The summed E-state index contributed by atoms with van der Waals surface area (Å²) in [5.41, 5.74) is 0.958. The minimum Gasteiger partial charge on any atom is -0.493 e. The molecule has 2 fully saturated rings. The van der Waals surface area contributed by atoms with E-state index in [0.29, 0.717) is 48.6 Å². The van der Waals surface area contributed by atoms with Crippen molar-refractivity contribution >= 4 is 39.3 Å². The number of urea groups is 1. The molecule has 0 N–H and O–H groups in total. The maximum absolute atomic E-state index is 13.3. The molecule has 0 spiro atoms. The van der Waals surface area contributed by atoms with Gasteiger partial charge in [-0.05, 0) is 42.0 Å².